The molecule has 1 amide bonds. The van der Waals surface area contributed by atoms with Gasteiger partial charge in [0.1, 0.15) is 5.58 Å². The number of carbonyl (C=O) groups is 1. The number of nitrogens with one attached hydrogen (secondary N) is 1. The van der Waals surface area contributed by atoms with Crippen LogP contribution in [0.1, 0.15) is 39.2 Å². The number of benzene rings is 2. The smallest absolute Gasteiger partial charge is 0.289 e. The van der Waals surface area contributed by atoms with Crippen LogP contribution in [-0.2, 0) is 6.54 Å². The van der Waals surface area contributed by atoms with E-state index in [0.717, 1.165) is 22.2 Å². The van der Waals surface area contributed by atoms with E-state index in [4.69, 9.17) is 10.2 Å². The molecule has 29 heavy (non-hydrogen) atoms. The number of rotatable bonds is 4. The number of para-hydroxylation sites is 1. The van der Waals surface area contributed by atoms with E-state index in [9.17, 15) is 4.79 Å². The Morgan fingerprint density at radius 3 is 2.62 bits per heavy atom. The SMILES string of the molecule is NCc1ccc([C@@H]2CN(C(=O)c3cc4ccccc4o3)C[C@H]2c2ccn[nH]2)cc1. The Kier molecular flexibility index (Phi) is 4.41. The van der Waals surface area contributed by atoms with E-state index in [2.05, 4.69) is 34.5 Å². The van der Waals surface area contributed by atoms with Crippen molar-refractivity contribution in [3.63, 3.8) is 0 Å². The maximum atomic E-state index is 13.2. The number of amides is 1. The van der Waals surface area contributed by atoms with E-state index in [0.29, 0.717) is 25.4 Å². The molecule has 0 saturated carbocycles. The first-order valence-electron chi connectivity index (χ1n) is 9.79. The third kappa shape index (κ3) is 3.21. The number of furan rings is 1. The largest absolute Gasteiger partial charge is 0.451 e. The summed E-state index contributed by atoms with van der Waals surface area (Å²) in [5, 5.41) is 8.15. The molecule has 6 nitrogen and oxygen atoms in total. The van der Waals surface area contributed by atoms with Crippen molar-refractivity contribution in [3.8, 4) is 0 Å². The lowest BCUT2D eigenvalue weighted by atomic mass is 9.86. The monoisotopic (exact) mass is 386 g/mol. The van der Waals surface area contributed by atoms with Gasteiger partial charge in [-0.15, -0.1) is 0 Å². The number of nitrogens with two attached hydrogens (primary N) is 1. The summed E-state index contributed by atoms with van der Waals surface area (Å²) in [6.45, 7) is 1.76. The Bertz CT molecular complexity index is 1100. The average Bonchev–Trinajstić information content (AvgIpc) is 3.52. The number of aromatic amines is 1. The summed E-state index contributed by atoms with van der Waals surface area (Å²) in [7, 11) is 0. The fourth-order valence-electron chi connectivity index (χ4n) is 4.24. The van der Waals surface area contributed by atoms with Crippen molar-refractivity contribution in [3.05, 3.63) is 89.4 Å². The van der Waals surface area contributed by atoms with E-state index < -0.39 is 0 Å². The van der Waals surface area contributed by atoms with E-state index in [1.807, 2.05) is 41.3 Å². The number of hydrogen-bond donors (Lipinski definition) is 2. The minimum absolute atomic E-state index is 0.0770. The second kappa shape index (κ2) is 7.22. The van der Waals surface area contributed by atoms with Crippen LogP contribution in [0.15, 0.2) is 71.3 Å². The molecule has 2 atom stereocenters. The molecular formula is C23H22N4O2. The summed E-state index contributed by atoms with van der Waals surface area (Å²) in [4.78, 5) is 15.1. The highest BCUT2D eigenvalue weighted by molar-refractivity contribution is 5.96. The van der Waals surface area contributed by atoms with Gasteiger partial charge in [0, 0.05) is 48.7 Å². The second-order valence-electron chi connectivity index (χ2n) is 7.53. The van der Waals surface area contributed by atoms with Crippen molar-refractivity contribution in [2.45, 2.75) is 18.4 Å². The van der Waals surface area contributed by atoms with E-state index in [1.165, 1.54) is 5.56 Å². The Hall–Kier alpha value is -3.38. The third-order valence-corrected chi connectivity index (χ3v) is 5.81. The second-order valence-corrected chi connectivity index (χ2v) is 7.53. The molecule has 0 unspecified atom stereocenters. The highest BCUT2D eigenvalue weighted by Crippen LogP contribution is 2.39. The predicted octanol–water partition coefficient (Wildman–Crippen LogP) is 3.64. The first-order chi connectivity index (χ1) is 14.2. The van der Waals surface area contributed by atoms with Crippen LogP contribution in [0.5, 0.6) is 0 Å². The molecule has 3 N–H and O–H groups in total. The van der Waals surface area contributed by atoms with Crippen LogP contribution in [0.25, 0.3) is 11.0 Å². The molecule has 146 valence electrons. The highest BCUT2D eigenvalue weighted by atomic mass is 16.3. The highest BCUT2D eigenvalue weighted by Gasteiger charge is 2.38. The van der Waals surface area contributed by atoms with Gasteiger partial charge in [-0.25, -0.2) is 0 Å². The molecule has 5 rings (SSSR count). The Labute approximate surface area is 168 Å². The quantitative estimate of drug-likeness (QED) is 0.560. The lowest BCUT2D eigenvalue weighted by Gasteiger charge is -2.17. The van der Waals surface area contributed by atoms with Gasteiger partial charge in [-0.05, 0) is 29.3 Å². The number of aromatic nitrogens is 2. The number of hydrogen-bond acceptors (Lipinski definition) is 4. The molecule has 4 aromatic rings. The molecule has 6 heteroatoms. The first-order valence-corrected chi connectivity index (χ1v) is 9.79. The summed E-state index contributed by atoms with van der Waals surface area (Å²) in [5.41, 5.74) is 9.80. The molecule has 0 spiro atoms. The number of fused-ring (bicyclic) bond motifs is 1. The van der Waals surface area contributed by atoms with Gasteiger partial charge in [0.2, 0.25) is 0 Å². The van der Waals surface area contributed by atoms with Gasteiger partial charge in [-0.3, -0.25) is 9.89 Å². The van der Waals surface area contributed by atoms with Crippen molar-refractivity contribution in [2.75, 3.05) is 13.1 Å². The summed E-state index contributed by atoms with van der Waals surface area (Å²) < 4.78 is 5.81. The van der Waals surface area contributed by atoms with Gasteiger partial charge in [0.25, 0.3) is 5.91 Å². The molecule has 2 aromatic heterocycles. The number of H-pyrrole nitrogens is 1. The summed E-state index contributed by atoms with van der Waals surface area (Å²) in [6, 6.07) is 19.8. The van der Waals surface area contributed by atoms with Crippen LogP contribution < -0.4 is 5.73 Å². The molecule has 1 saturated heterocycles. The minimum Gasteiger partial charge on any atom is -0.451 e. The van der Waals surface area contributed by atoms with Gasteiger partial charge in [0.05, 0.1) is 0 Å². The van der Waals surface area contributed by atoms with E-state index in [1.54, 1.807) is 6.20 Å². The zero-order chi connectivity index (χ0) is 19.8. The Morgan fingerprint density at radius 2 is 1.90 bits per heavy atom. The zero-order valence-corrected chi connectivity index (χ0v) is 15.9. The molecule has 1 aliphatic rings. The molecule has 1 aliphatic heterocycles. The van der Waals surface area contributed by atoms with Crippen LogP contribution in [0.3, 0.4) is 0 Å². The molecule has 3 heterocycles. The van der Waals surface area contributed by atoms with Crippen molar-refractivity contribution in [1.82, 2.24) is 15.1 Å². The zero-order valence-electron chi connectivity index (χ0n) is 15.9. The van der Waals surface area contributed by atoms with Crippen LogP contribution in [-0.4, -0.2) is 34.1 Å². The maximum absolute atomic E-state index is 13.2. The number of likely N-dealkylation sites (tertiary alicyclic amines) is 1. The van der Waals surface area contributed by atoms with Crippen molar-refractivity contribution in [1.29, 1.82) is 0 Å². The lowest BCUT2D eigenvalue weighted by Crippen LogP contribution is -2.28. The van der Waals surface area contributed by atoms with Crippen LogP contribution >= 0.6 is 0 Å². The van der Waals surface area contributed by atoms with Crippen LogP contribution in [0, 0.1) is 0 Å². The standard InChI is InChI=1S/C23H22N4O2/c24-12-15-5-7-16(8-6-15)18-13-27(14-19(18)20-9-10-25-26-20)23(28)22-11-17-3-1-2-4-21(17)29-22/h1-11,18-19H,12-14,24H2,(H,25,26)/t18-,19+/m0/s1. The minimum atomic E-state index is -0.0770. The maximum Gasteiger partial charge on any atom is 0.289 e. The van der Waals surface area contributed by atoms with Gasteiger partial charge in [-0.1, -0.05) is 42.5 Å². The first kappa shape index (κ1) is 17.7. The van der Waals surface area contributed by atoms with Gasteiger partial charge < -0.3 is 15.1 Å². The summed E-state index contributed by atoms with van der Waals surface area (Å²) in [6.07, 6.45) is 1.76. The molecule has 2 aromatic carbocycles. The van der Waals surface area contributed by atoms with Crippen LogP contribution in [0.2, 0.25) is 0 Å². The van der Waals surface area contributed by atoms with Crippen LogP contribution in [0.4, 0.5) is 0 Å². The third-order valence-electron chi connectivity index (χ3n) is 5.81. The average molecular weight is 386 g/mol. The summed E-state index contributed by atoms with van der Waals surface area (Å²) in [5.74, 6) is 0.630. The van der Waals surface area contributed by atoms with Gasteiger partial charge >= 0.3 is 0 Å². The lowest BCUT2D eigenvalue weighted by molar-refractivity contribution is 0.0760. The Balaban J connectivity index is 1.46. The molecule has 0 aliphatic carbocycles. The van der Waals surface area contributed by atoms with Crippen molar-refractivity contribution in [2.24, 2.45) is 5.73 Å². The van der Waals surface area contributed by atoms with Gasteiger partial charge in [-0.2, -0.15) is 5.10 Å². The van der Waals surface area contributed by atoms with E-state index in [-0.39, 0.29) is 17.7 Å². The predicted molar refractivity (Wildman–Crippen MR) is 111 cm³/mol. The van der Waals surface area contributed by atoms with Crippen molar-refractivity contribution >= 4 is 16.9 Å². The molecule has 1 fully saturated rings. The van der Waals surface area contributed by atoms with Gasteiger partial charge in [0.15, 0.2) is 5.76 Å². The number of nitrogens with zero attached hydrogens (tertiary/aromatic N) is 2. The molecule has 0 bridgehead atoms. The Morgan fingerprint density at radius 1 is 1.10 bits per heavy atom. The topological polar surface area (TPSA) is 88.2 Å². The normalized spacial score (nSPS) is 19.1. The summed E-state index contributed by atoms with van der Waals surface area (Å²) >= 11 is 0. The number of carbonyl (C=O) groups excluding carboxylic acids is 1. The van der Waals surface area contributed by atoms with Crippen molar-refractivity contribution < 1.29 is 9.21 Å². The fraction of sp³-hybridized carbons (Fsp3) is 0.217. The van der Waals surface area contributed by atoms with E-state index >= 15 is 0 Å². The molecular weight excluding hydrogens is 364 g/mol. The fourth-order valence-corrected chi connectivity index (χ4v) is 4.24. The molecule has 0 radical (unpaired) electrons.